The van der Waals surface area contributed by atoms with E-state index >= 15 is 0 Å². The van der Waals surface area contributed by atoms with E-state index in [-0.39, 0.29) is 17.6 Å². The predicted octanol–water partition coefficient (Wildman–Crippen LogP) is 4.78. The summed E-state index contributed by atoms with van der Waals surface area (Å²) in [6, 6.07) is 19.0. The number of halogens is 1. The topological polar surface area (TPSA) is 49.4 Å². The molecule has 1 N–H and O–H groups in total. The minimum Gasteiger partial charge on any atom is -0.324 e. The third-order valence-corrected chi connectivity index (χ3v) is 7.34. The molecule has 0 unspecified atom stereocenters. The van der Waals surface area contributed by atoms with E-state index < -0.39 is 11.5 Å². The van der Waals surface area contributed by atoms with E-state index in [0.29, 0.717) is 16.4 Å². The van der Waals surface area contributed by atoms with Crippen LogP contribution in [-0.4, -0.2) is 30.2 Å². The van der Waals surface area contributed by atoms with Gasteiger partial charge in [0.05, 0.1) is 10.8 Å². The van der Waals surface area contributed by atoms with Gasteiger partial charge in [-0.3, -0.25) is 14.5 Å². The monoisotopic (exact) mass is 422 g/mol. The SMILES string of the molecule is CN1C[C@H](c2ccc(Cl)cc2)[C@H](C(=O)c2cccs2)[C@]12C(=O)Nc1ccccc12. The molecule has 1 spiro atoms. The molecule has 1 aromatic heterocycles. The van der Waals surface area contributed by atoms with Gasteiger partial charge in [0.1, 0.15) is 5.54 Å². The van der Waals surface area contributed by atoms with E-state index in [1.165, 1.54) is 11.3 Å². The molecule has 2 aromatic carbocycles. The molecule has 6 heteroatoms. The zero-order chi connectivity index (χ0) is 20.2. The van der Waals surface area contributed by atoms with E-state index in [1.807, 2.05) is 78.0 Å². The molecule has 0 aliphatic carbocycles. The Morgan fingerprint density at radius 3 is 2.62 bits per heavy atom. The van der Waals surface area contributed by atoms with Gasteiger partial charge in [0.15, 0.2) is 5.78 Å². The maximum Gasteiger partial charge on any atom is 0.250 e. The number of carbonyl (C=O) groups is 2. The van der Waals surface area contributed by atoms with Crippen LogP contribution in [0.25, 0.3) is 0 Å². The van der Waals surface area contributed by atoms with Crippen LogP contribution in [0.15, 0.2) is 66.0 Å². The number of benzene rings is 2. The normalized spacial score (nSPS) is 25.9. The molecule has 4 nitrogen and oxygen atoms in total. The van der Waals surface area contributed by atoms with Gasteiger partial charge < -0.3 is 5.32 Å². The number of likely N-dealkylation sites (tertiary alicyclic amines) is 1. The van der Waals surface area contributed by atoms with Crippen LogP contribution in [0, 0.1) is 5.92 Å². The average molecular weight is 423 g/mol. The zero-order valence-corrected chi connectivity index (χ0v) is 17.3. The summed E-state index contributed by atoms with van der Waals surface area (Å²) < 4.78 is 0. The number of hydrogen-bond acceptors (Lipinski definition) is 4. The number of thiophene rings is 1. The van der Waals surface area contributed by atoms with Crippen LogP contribution in [-0.2, 0) is 10.3 Å². The number of amides is 1. The molecular formula is C23H19ClN2O2S. The lowest BCUT2D eigenvalue weighted by Gasteiger charge is -2.35. The van der Waals surface area contributed by atoms with Gasteiger partial charge in [0.25, 0.3) is 0 Å². The van der Waals surface area contributed by atoms with E-state index in [4.69, 9.17) is 11.6 Å². The molecule has 146 valence electrons. The first-order valence-electron chi connectivity index (χ1n) is 9.49. The number of carbonyl (C=O) groups excluding carboxylic acids is 2. The van der Waals surface area contributed by atoms with E-state index in [9.17, 15) is 9.59 Å². The fourth-order valence-corrected chi connectivity index (χ4v) is 5.81. The molecule has 3 aromatic rings. The maximum absolute atomic E-state index is 13.8. The van der Waals surface area contributed by atoms with Crippen LogP contribution in [0.2, 0.25) is 5.02 Å². The molecule has 1 fully saturated rings. The summed E-state index contributed by atoms with van der Waals surface area (Å²) in [6.07, 6.45) is 0. The fourth-order valence-electron chi connectivity index (χ4n) is 4.98. The largest absolute Gasteiger partial charge is 0.324 e. The van der Waals surface area contributed by atoms with Gasteiger partial charge in [-0.1, -0.05) is 48.0 Å². The highest BCUT2D eigenvalue weighted by Gasteiger charge is 2.64. The molecule has 0 radical (unpaired) electrons. The molecule has 0 bridgehead atoms. The second kappa shape index (κ2) is 6.80. The highest BCUT2D eigenvalue weighted by Crippen LogP contribution is 2.55. The van der Waals surface area contributed by atoms with Gasteiger partial charge in [0.2, 0.25) is 5.91 Å². The average Bonchev–Trinajstić information content (AvgIpc) is 3.42. The molecular weight excluding hydrogens is 404 g/mol. The summed E-state index contributed by atoms with van der Waals surface area (Å²) in [4.78, 5) is 30.0. The van der Waals surface area contributed by atoms with Crippen LogP contribution in [0.4, 0.5) is 5.69 Å². The molecule has 3 heterocycles. The molecule has 2 aliphatic heterocycles. The van der Waals surface area contributed by atoms with E-state index in [0.717, 1.165) is 16.8 Å². The fraction of sp³-hybridized carbons (Fsp3) is 0.217. The van der Waals surface area contributed by atoms with Crippen LogP contribution in [0.1, 0.15) is 26.7 Å². The third kappa shape index (κ3) is 2.61. The van der Waals surface area contributed by atoms with Gasteiger partial charge in [-0.05, 0) is 42.3 Å². The molecule has 1 saturated heterocycles. The van der Waals surface area contributed by atoms with E-state index in [1.54, 1.807) is 0 Å². The highest BCUT2D eigenvalue weighted by molar-refractivity contribution is 7.12. The number of rotatable bonds is 3. The molecule has 5 rings (SSSR count). The van der Waals surface area contributed by atoms with Crippen molar-refractivity contribution in [1.82, 2.24) is 4.90 Å². The Hall–Kier alpha value is -2.47. The van der Waals surface area contributed by atoms with Crippen LogP contribution in [0.5, 0.6) is 0 Å². The van der Waals surface area contributed by atoms with Crippen molar-refractivity contribution in [3.8, 4) is 0 Å². The quantitative estimate of drug-likeness (QED) is 0.618. The van der Waals surface area contributed by atoms with Gasteiger partial charge in [-0.2, -0.15) is 0 Å². The Morgan fingerprint density at radius 2 is 1.90 bits per heavy atom. The minimum absolute atomic E-state index is 0.0103. The molecule has 29 heavy (non-hydrogen) atoms. The Balaban J connectivity index is 1.73. The lowest BCUT2D eigenvalue weighted by molar-refractivity contribution is -0.126. The van der Waals surface area contributed by atoms with E-state index in [2.05, 4.69) is 5.32 Å². The summed E-state index contributed by atoms with van der Waals surface area (Å²) in [5, 5.41) is 5.58. The Labute approximate surface area is 178 Å². The van der Waals surface area contributed by atoms with Crippen LogP contribution in [0.3, 0.4) is 0 Å². The Bertz CT molecular complexity index is 1100. The van der Waals surface area contributed by atoms with Gasteiger partial charge in [-0.15, -0.1) is 11.3 Å². The smallest absolute Gasteiger partial charge is 0.250 e. The second-order valence-corrected chi connectivity index (χ2v) is 9.01. The van der Waals surface area contributed by atoms with Gasteiger partial charge in [-0.25, -0.2) is 0 Å². The Kier molecular flexibility index (Phi) is 4.35. The Morgan fingerprint density at radius 1 is 1.14 bits per heavy atom. The van der Waals surface area contributed by atoms with Crippen molar-refractivity contribution in [2.45, 2.75) is 11.5 Å². The summed E-state index contributed by atoms with van der Waals surface area (Å²) in [6.45, 7) is 0.602. The van der Waals surface area contributed by atoms with Crippen molar-refractivity contribution in [2.24, 2.45) is 5.92 Å². The second-order valence-electron chi connectivity index (χ2n) is 7.62. The van der Waals surface area contributed by atoms with Gasteiger partial charge in [0, 0.05) is 28.7 Å². The number of hydrogen-bond donors (Lipinski definition) is 1. The number of nitrogens with zero attached hydrogens (tertiary/aromatic N) is 1. The number of likely N-dealkylation sites (N-methyl/N-ethyl adjacent to an activating group) is 1. The van der Waals surface area contributed by atoms with Crippen molar-refractivity contribution in [3.05, 3.63) is 87.1 Å². The van der Waals surface area contributed by atoms with Crippen molar-refractivity contribution in [3.63, 3.8) is 0 Å². The predicted molar refractivity (Wildman–Crippen MR) is 116 cm³/mol. The lowest BCUT2D eigenvalue weighted by atomic mass is 9.71. The first-order chi connectivity index (χ1) is 14.0. The first kappa shape index (κ1) is 18.6. The number of para-hydroxylation sites is 1. The lowest BCUT2D eigenvalue weighted by Crippen LogP contribution is -2.51. The number of nitrogens with one attached hydrogen (secondary N) is 1. The summed E-state index contributed by atoms with van der Waals surface area (Å²) >= 11 is 7.52. The van der Waals surface area contributed by atoms with Crippen LogP contribution < -0.4 is 5.32 Å². The van der Waals surface area contributed by atoms with Crippen molar-refractivity contribution >= 4 is 40.3 Å². The first-order valence-corrected chi connectivity index (χ1v) is 10.7. The summed E-state index contributed by atoms with van der Waals surface area (Å²) in [7, 11) is 1.94. The number of Topliss-reactive ketones (excluding diaryl/α,β-unsaturated/α-hetero) is 1. The standard InChI is InChI=1S/C23H19ClN2O2S/c1-26-13-16(14-8-10-15(24)11-9-14)20(21(27)19-7-4-12-29-19)23(26)17-5-2-3-6-18(17)25-22(23)28/h2-12,16,20H,13H2,1H3,(H,25,28)/t16-,20-,23-/m1/s1. The van der Waals surface area contributed by atoms with Crippen molar-refractivity contribution in [2.75, 3.05) is 18.9 Å². The summed E-state index contributed by atoms with van der Waals surface area (Å²) in [5.74, 6) is -0.775. The maximum atomic E-state index is 13.8. The molecule has 3 atom stereocenters. The van der Waals surface area contributed by atoms with Crippen molar-refractivity contribution < 1.29 is 9.59 Å². The van der Waals surface area contributed by atoms with Crippen LogP contribution >= 0.6 is 22.9 Å². The number of anilines is 1. The zero-order valence-electron chi connectivity index (χ0n) is 15.8. The molecule has 0 saturated carbocycles. The number of fused-ring (bicyclic) bond motifs is 2. The van der Waals surface area contributed by atoms with Crippen molar-refractivity contribution in [1.29, 1.82) is 0 Å². The molecule has 1 amide bonds. The summed E-state index contributed by atoms with van der Waals surface area (Å²) in [5.41, 5.74) is 1.65. The molecule has 2 aliphatic rings. The third-order valence-electron chi connectivity index (χ3n) is 6.20. The highest BCUT2D eigenvalue weighted by atomic mass is 35.5. The minimum atomic E-state index is -1.03. The van der Waals surface area contributed by atoms with Gasteiger partial charge >= 0.3 is 0 Å². The number of ketones is 1.